The lowest BCUT2D eigenvalue weighted by Crippen LogP contribution is -2.28. The molecule has 0 aliphatic heterocycles. The molecule has 2 amide bonds. The molecule has 0 aliphatic carbocycles. The minimum atomic E-state index is -3.85. The summed E-state index contributed by atoms with van der Waals surface area (Å²) in [6, 6.07) is 18.0. The largest absolute Gasteiger partial charge is 0.334 e. The molecule has 2 heterocycles. The summed E-state index contributed by atoms with van der Waals surface area (Å²) in [6.45, 7) is 0.341. The van der Waals surface area contributed by atoms with E-state index in [9.17, 15) is 13.2 Å². The van der Waals surface area contributed by atoms with E-state index in [4.69, 9.17) is 0 Å². The molecule has 0 aliphatic rings. The molecule has 4 aromatic rings. The summed E-state index contributed by atoms with van der Waals surface area (Å²) in [5, 5.41) is 12.1. The van der Waals surface area contributed by atoms with Gasteiger partial charge in [-0.2, -0.15) is 5.10 Å². The van der Waals surface area contributed by atoms with Gasteiger partial charge in [0, 0.05) is 42.1 Å². The van der Waals surface area contributed by atoms with Crippen molar-refractivity contribution < 1.29 is 13.2 Å². The smallest absolute Gasteiger partial charge is 0.319 e. The lowest BCUT2D eigenvalue weighted by atomic mass is 10.1. The van der Waals surface area contributed by atoms with Gasteiger partial charge in [-0.1, -0.05) is 24.3 Å². The first-order chi connectivity index (χ1) is 15.5. The van der Waals surface area contributed by atoms with Gasteiger partial charge in [-0.05, 0) is 48.0 Å². The zero-order valence-electron chi connectivity index (χ0n) is 16.8. The SMILES string of the molecule is O=C(NCc1cccnc1)Nc1ccc(NS(=O)(=O)c2ccccc2-c2ccn[nH]2)cc1. The fraction of sp³-hybridized carbons (Fsp3) is 0.0455. The number of urea groups is 1. The highest BCUT2D eigenvalue weighted by atomic mass is 32.2. The van der Waals surface area contributed by atoms with Crippen molar-refractivity contribution in [3.63, 3.8) is 0 Å². The minimum absolute atomic E-state index is 0.126. The number of rotatable bonds is 7. The van der Waals surface area contributed by atoms with Crippen molar-refractivity contribution in [2.45, 2.75) is 11.4 Å². The van der Waals surface area contributed by atoms with Gasteiger partial charge in [0.25, 0.3) is 10.0 Å². The van der Waals surface area contributed by atoms with E-state index < -0.39 is 10.0 Å². The first-order valence-electron chi connectivity index (χ1n) is 9.67. The maximum atomic E-state index is 13.0. The molecule has 0 bridgehead atoms. The number of nitrogens with one attached hydrogen (secondary N) is 4. The van der Waals surface area contributed by atoms with Crippen LogP contribution in [0.15, 0.2) is 90.2 Å². The van der Waals surface area contributed by atoms with Gasteiger partial charge in [0.2, 0.25) is 0 Å². The molecule has 4 N–H and O–H groups in total. The van der Waals surface area contributed by atoms with Crippen molar-refractivity contribution in [3.8, 4) is 11.3 Å². The van der Waals surface area contributed by atoms with Crippen molar-refractivity contribution in [3.05, 3.63) is 90.9 Å². The van der Waals surface area contributed by atoms with Crippen LogP contribution in [0.4, 0.5) is 16.2 Å². The maximum Gasteiger partial charge on any atom is 0.319 e. The second kappa shape index (κ2) is 9.31. The Morgan fingerprint density at radius 3 is 2.41 bits per heavy atom. The molecule has 0 saturated carbocycles. The third-order valence-electron chi connectivity index (χ3n) is 4.54. The third-order valence-corrected chi connectivity index (χ3v) is 5.98. The van der Waals surface area contributed by atoms with Crippen LogP contribution >= 0.6 is 0 Å². The zero-order chi connectivity index (χ0) is 22.4. The Morgan fingerprint density at radius 2 is 1.69 bits per heavy atom. The van der Waals surface area contributed by atoms with Crippen LogP contribution in [0.5, 0.6) is 0 Å². The first kappa shape index (κ1) is 21.1. The number of benzene rings is 2. The Bertz CT molecular complexity index is 1290. The van der Waals surface area contributed by atoms with Crippen LogP contribution in [0.25, 0.3) is 11.3 Å². The Morgan fingerprint density at radius 1 is 0.906 bits per heavy atom. The van der Waals surface area contributed by atoms with Gasteiger partial charge in [-0.25, -0.2) is 13.2 Å². The van der Waals surface area contributed by atoms with E-state index in [0.717, 1.165) is 5.56 Å². The number of H-pyrrole nitrogens is 1. The third kappa shape index (κ3) is 5.10. The molecule has 0 fully saturated rings. The Labute approximate surface area is 185 Å². The summed E-state index contributed by atoms with van der Waals surface area (Å²) in [5.41, 5.74) is 2.88. The van der Waals surface area contributed by atoms with Crippen molar-refractivity contribution in [1.82, 2.24) is 20.5 Å². The van der Waals surface area contributed by atoms with Crippen LogP contribution in [-0.2, 0) is 16.6 Å². The van der Waals surface area contributed by atoms with E-state index in [0.29, 0.717) is 29.2 Å². The summed E-state index contributed by atoms with van der Waals surface area (Å²) < 4.78 is 28.5. The summed E-state index contributed by atoms with van der Waals surface area (Å²) in [5.74, 6) is 0. The number of amides is 2. The lowest BCUT2D eigenvalue weighted by Gasteiger charge is -2.12. The highest BCUT2D eigenvalue weighted by Gasteiger charge is 2.20. The molecule has 32 heavy (non-hydrogen) atoms. The average Bonchev–Trinajstić information content (AvgIpc) is 3.35. The molecule has 0 unspecified atom stereocenters. The number of anilines is 2. The lowest BCUT2D eigenvalue weighted by molar-refractivity contribution is 0.251. The minimum Gasteiger partial charge on any atom is -0.334 e. The molecule has 0 radical (unpaired) electrons. The average molecular weight is 449 g/mol. The van der Waals surface area contributed by atoms with Crippen molar-refractivity contribution in [2.75, 3.05) is 10.0 Å². The number of hydrogen-bond acceptors (Lipinski definition) is 5. The van der Waals surface area contributed by atoms with E-state index in [2.05, 4.69) is 30.5 Å². The summed E-state index contributed by atoms with van der Waals surface area (Å²) in [6.07, 6.45) is 4.89. The number of carbonyl (C=O) groups is 1. The van der Waals surface area contributed by atoms with Crippen LogP contribution in [0.1, 0.15) is 5.56 Å². The second-order valence-electron chi connectivity index (χ2n) is 6.82. The molecule has 2 aromatic heterocycles. The highest BCUT2D eigenvalue weighted by Crippen LogP contribution is 2.27. The normalized spacial score (nSPS) is 11.0. The highest BCUT2D eigenvalue weighted by molar-refractivity contribution is 7.92. The van der Waals surface area contributed by atoms with Crippen molar-refractivity contribution in [1.29, 1.82) is 0 Å². The van der Waals surface area contributed by atoms with Gasteiger partial charge >= 0.3 is 6.03 Å². The molecule has 0 spiro atoms. The molecular formula is C22H20N6O3S. The van der Waals surface area contributed by atoms with E-state index in [1.54, 1.807) is 73.2 Å². The summed E-state index contributed by atoms with van der Waals surface area (Å²) in [4.78, 5) is 16.2. The van der Waals surface area contributed by atoms with Gasteiger partial charge < -0.3 is 10.6 Å². The van der Waals surface area contributed by atoms with Crippen LogP contribution in [0, 0.1) is 0 Å². The van der Waals surface area contributed by atoms with E-state index in [-0.39, 0.29) is 10.9 Å². The molecule has 2 aromatic carbocycles. The van der Waals surface area contributed by atoms with Crippen LogP contribution in [-0.4, -0.2) is 29.6 Å². The Kier molecular flexibility index (Phi) is 6.13. The predicted octanol–water partition coefficient (Wildman–Crippen LogP) is 3.59. The Balaban J connectivity index is 1.41. The zero-order valence-corrected chi connectivity index (χ0v) is 17.6. The topological polar surface area (TPSA) is 129 Å². The molecule has 10 heteroatoms. The number of hydrogen-bond donors (Lipinski definition) is 4. The first-order valence-corrected chi connectivity index (χ1v) is 11.1. The quantitative estimate of drug-likeness (QED) is 0.343. The number of aromatic nitrogens is 3. The predicted molar refractivity (Wildman–Crippen MR) is 121 cm³/mol. The molecule has 4 rings (SSSR count). The number of aromatic amines is 1. The molecular weight excluding hydrogens is 428 g/mol. The fourth-order valence-corrected chi connectivity index (χ4v) is 4.30. The van der Waals surface area contributed by atoms with E-state index in [1.165, 1.54) is 6.07 Å². The standard InChI is InChI=1S/C22H20N6O3S/c29-22(24-15-16-4-3-12-23-14-16)26-17-7-9-18(10-8-17)28-32(30,31)21-6-2-1-5-19(21)20-11-13-25-27-20/h1-14,28H,15H2,(H,25,27)(H2,24,26,29). The van der Waals surface area contributed by atoms with Gasteiger partial charge in [0.1, 0.15) is 0 Å². The molecule has 162 valence electrons. The fourth-order valence-electron chi connectivity index (χ4n) is 3.02. The van der Waals surface area contributed by atoms with E-state index >= 15 is 0 Å². The van der Waals surface area contributed by atoms with Gasteiger partial charge in [0.15, 0.2) is 0 Å². The van der Waals surface area contributed by atoms with Crippen LogP contribution < -0.4 is 15.4 Å². The molecule has 0 saturated heterocycles. The summed E-state index contributed by atoms with van der Waals surface area (Å²) in [7, 11) is -3.85. The maximum absolute atomic E-state index is 13.0. The monoisotopic (exact) mass is 448 g/mol. The van der Waals surface area contributed by atoms with Crippen LogP contribution in [0.2, 0.25) is 0 Å². The van der Waals surface area contributed by atoms with E-state index in [1.807, 2.05) is 6.07 Å². The number of pyridine rings is 1. The van der Waals surface area contributed by atoms with Crippen molar-refractivity contribution in [2.24, 2.45) is 0 Å². The summed E-state index contributed by atoms with van der Waals surface area (Å²) >= 11 is 0. The van der Waals surface area contributed by atoms with Gasteiger partial charge in [-0.15, -0.1) is 0 Å². The Hall–Kier alpha value is -4.18. The molecule has 0 atom stereocenters. The molecule has 9 nitrogen and oxygen atoms in total. The second-order valence-corrected chi connectivity index (χ2v) is 8.47. The van der Waals surface area contributed by atoms with Gasteiger partial charge in [0.05, 0.1) is 10.6 Å². The number of nitrogens with zero attached hydrogens (tertiary/aromatic N) is 2. The van der Waals surface area contributed by atoms with Gasteiger partial charge in [-0.3, -0.25) is 14.8 Å². The number of carbonyl (C=O) groups excluding carboxylic acids is 1. The number of sulfonamides is 1. The van der Waals surface area contributed by atoms with Crippen molar-refractivity contribution >= 4 is 27.4 Å². The van der Waals surface area contributed by atoms with Crippen LogP contribution in [0.3, 0.4) is 0 Å².